The van der Waals surface area contributed by atoms with Crippen molar-refractivity contribution in [3.63, 3.8) is 0 Å². The third-order valence-corrected chi connectivity index (χ3v) is 5.72. The predicted octanol–water partition coefficient (Wildman–Crippen LogP) is 3.84. The molecule has 0 aliphatic carbocycles. The van der Waals surface area contributed by atoms with Gasteiger partial charge in [0.2, 0.25) is 5.95 Å². The number of hydrogen-bond donors (Lipinski definition) is 0. The van der Waals surface area contributed by atoms with E-state index in [1.165, 1.54) is 0 Å². The second-order valence-electron chi connectivity index (χ2n) is 7.56. The van der Waals surface area contributed by atoms with Crippen LogP contribution in [0.1, 0.15) is 5.76 Å². The van der Waals surface area contributed by atoms with Gasteiger partial charge in [-0.15, -0.1) is 0 Å². The van der Waals surface area contributed by atoms with Crippen molar-refractivity contribution < 1.29 is 9.15 Å². The van der Waals surface area contributed by atoms with Crippen molar-refractivity contribution in [2.75, 3.05) is 43.1 Å². The van der Waals surface area contributed by atoms with Crippen LogP contribution in [-0.2, 0) is 0 Å². The van der Waals surface area contributed by atoms with Gasteiger partial charge in [-0.05, 0) is 25.1 Å². The number of aryl methyl sites for hydroxylation is 1. The van der Waals surface area contributed by atoms with E-state index in [0.29, 0.717) is 5.95 Å². The second-order valence-corrected chi connectivity index (χ2v) is 7.56. The van der Waals surface area contributed by atoms with Crippen LogP contribution in [-0.4, -0.2) is 53.2 Å². The Hall–Kier alpha value is -3.94. The molecule has 4 heterocycles. The number of para-hydroxylation sites is 2. The lowest BCUT2D eigenvalue weighted by atomic mass is 10.1. The minimum Gasteiger partial charge on any atom is -0.495 e. The summed E-state index contributed by atoms with van der Waals surface area (Å²) < 4.78 is 11.1. The molecule has 8 heteroatoms. The monoisotopic (exact) mass is 428 g/mol. The number of ether oxygens (including phenoxy) is 1. The molecule has 0 unspecified atom stereocenters. The van der Waals surface area contributed by atoms with E-state index in [-0.39, 0.29) is 0 Å². The zero-order valence-electron chi connectivity index (χ0n) is 18.1. The van der Waals surface area contributed by atoms with Crippen LogP contribution in [0.3, 0.4) is 0 Å². The summed E-state index contributed by atoms with van der Waals surface area (Å²) in [5.41, 5.74) is 4.41. The molecular weight excluding hydrogens is 404 g/mol. The van der Waals surface area contributed by atoms with Gasteiger partial charge in [0.05, 0.1) is 36.6 Å². The fraction of sp³-hybridized carbons (Fsp3) is 0.250. The smallest absolute Gasteiger partial charge is 0.226 e. The van der Waals surface area contributed by atoms with Crippen LogP contribution >= 0.6 is 0 Å². The van der Waals surface area contributed by atoms with Gasteiger partial charge in [0.1, 0.15) is 11.5 Å². The average molecular weight is 428 g/mol. The van der Waals surface area contributed by atoms with E-state index in [2.05, 4.69) is 30.8 Å². The van der Waals surface area contributed by atoms with Crippen molar-refractivity contribution in [3.05, 3.63) is 67.1 Å². The van der Waals surface area contributed by atoms with Gasteiger partial charge < -0.3 is 19.0 Å². The molecule has 1 aliphatic heterocycles. The Morgan fingerprint density at radius 2 is 1.72 bits per heavy atom. The third-order valence-electron chi connectivity index (χ3n) is 5.72. The molecule has 162 valence electrons. The molecule has 0 atom stereocenters. The standard InChI is InChI=1S/C24H24N6O2/c1-17-18(7-14-32-17)23-19(20-16-25-8-9-26-20)15-27-24(28-23)30-12-10-29(11-13-30)21-5-3-4-6-22(21)31-2/h3-9,14-16H,10-13H2,1-2H3. The number of furan rings is 1. The van der Waals surface area contributed by atoms with E-state index in [1.807, 2.05) is 37.4 Å². The van der Waals surface area contributed by atoms with Crippen molar-refractivity contribution >= 4 is 11.6 Å². The van der Waals surface area contributed by atoms with Crippen LogP contribution in [0.15, 0.2) is 65.8 Å². The fourth-order valence-electron chi connectivity index (χ4n) is 4.02. The number of methoxy groups -OCH3 is 1. The summed E-state index contributed by atoms with van der Waals surface area (Å²) in [6, 6.07) is 10.1. The van der Waals surface area contributed by atoms with Gasteiger partial charge in [-0.1, -0.05) is 12.1 Å². The molecule has 0 N–H and O–H groups in total. The van der Waals surface area contributed by atoms with E-state index in [9.17, 15) is 0 Å². The SMILES string of the molecule is COc1ccccc1N1CCN(c2ncc(-c3cnccn3)c(-c3ccoc3C)n2)CC1. The van der Waals surface area contributed by atoms with Crippen LogP contribution in [0.25, 0.3) is 22.5 Å². The second kappa shape index (κ2) is 8.66. The Morgan fingerprint density at radius 3 is 2.44 bits per heavy atom. The van der Waals surface area contributed by atoms with Crippen molar-refractivity contribution in [3.8, 4) is 28.3 Å². The minimum absolute atomic E-state index is 0.702. The van der Waals surface area contributed by atoms with Gasteiger partial charge in [-0.3, -0.25) is 9.97 Å². The van der Waals surface area contributed by atoms with Gasteiger partial charge in [-0.25, -0.2) is 9.97 Å². The zero-order chi connectivity index (χ0) is 21.9. The van der Waals surface area contributed by atoms with Gasteiger partial charge in [0.25, 0.3) is 0 Å². The topological polar surface area (TPSA) is 80.4 Å². The predicted molar refractivity (Wildman–Crippen MR) is 123 cm³/mol. The van der Waals surface area contributed by atoms with Crippen LogP contribution < -0.4 is 14.5 Å². The fourth-order valence-corrected chi connectivity index (χ4v) is 4.02. The highest BCUT2D eigenvalue weighted by Crippen LogP contribution is 2.33. The Morgan fingerprint density at radius 1 is 0.906 bits per heavy atom. The van der Waals surface area contributed by atoms with Crippen molar-refractivity contribution in [2.45, 2.75) is 6.92 Å². The molecule has 0 spiro atoms. The minimum atomic E-state index is 0.702. The van der Waals surface area contributed by atoms with E-state index in [1.54, 1.807) is 32.0 Å². The molecule has 1 aromatic carbocycles. The Bertz CT molecular complexity index is 1200. The van der Waals surface area contributed by atoms with Crippen molar-refractivity contribution in [1.29, 1.82) is 0 Å². The largest absolute Gasteiger partial charge is 0.495 e. The van der Waals surface area contributed by atoms with Crippen LogP contribution in [0.2, 0.25) is 0 Å². The molecule has 1 aliphatic rings. The van der Waals surface area contributed by atoms with Crippen molar-refractivity contribution in [2.24, 2.45) is 0 Å². The molecular formula is C24H24N6O2. The van der Waals surface area contributed by atoms with E-state index < -0.39 is 0 Å². The Balaban J connectivity index is 1.43. The van der Waals surface area contributed by atoms with Crippen LogP contribution in [0.5, 0.6) is 5.75 Å². The van der Waals surface area contributed by atoms with Gasteiger partial charge >= 0.3 is 0 Å². The van der Waals surface area contributed by atoms with Gasteiger partial charge in [-0.2, -0.15) is 0 Å². The maximum atomic E-state index is 5.55. The summed E-state index contributed by atoms with van der Waals surface area (Å²) in [4.78, 5) is 22.8. The van der Waals surface area contributed by atoms with E-state index in [4.69, 9.17) is 14.1 Å². The highest BCUT2D eigenvalue weighted by Gasteiger charge is 2.23. The number of benzene rings is 1. The highest BCUT2D eigenvalue weighted by atomic mass is 16.5. The molecule has 4 aromatic rings. The molecule has 0 radical (unpaired) electrons. The number of anilines is 2. The molecule has 3 aromatic heterocycles. The van der Waals surface area contributed by atoms with Crippen molar-refractivity contribution in [1.82, 2.24) is 19.9 Å². The maximum absolute atomic E-state index is 5.55. The molecule has 0 amide bonds. The molecule has 1 saturated heterocycles. The van der Waals surface area contributed by atoms with Gasteiger partial charge in [0.15, 0.2) is 0 Å². The Kier molecular flexibility index (Phi) is 5.41. The molecule has 0 bridgehead atoms. The first-order chi connectivity index (χ1) is 15.7. The Labute approximate surface area is 186 Å². The first-order valence-corrected chi connectivity index (χ1v) is 10.6. The maximum Gasteiger partial charge on any atom is 0.226 e. The summed E-state index contributed by atoms with van der Waals surface area (Å²) in [5.74, 6) is 2.40. The number of nitrogens with zero attached hydrogens (tertiary/aromatic N) is 6. The third kappa shape index (κ3) is 3.75. The van der Waals surface area contributed by atoms with E-state index >= 15 is 0 Å². The molecule has 5 rings (SSSR count). The summed E-state index contributed by atoms with van der Waals surface area (Å²) in [6.07, 6.45) is 8.57. The normalized spacial score (nSPS) is 13.9. The number of aromatic nitrogens is 4. The quantitative estimate of drug-likeness (QED) is 0.474. The average Bonchev–Trinajstić information content (AvgIpc) is 3.30. The molecule has 32 heavy (non-hydrogen) atoms. The zero-order valence-corrected chi connectivity index (χ0v) is 18.1. The lowest BCUT2D eigenvalue weighted by molar-refractivity contribution is 0.413. The lowest BCUT2D eigenvalue weighted by Gasteiger charge is -2.36. The summed E-state index contributed by atoms with van der Waals surface area (Å²) in [7, 11) is 1.71. The van der Waals surface area contributed by atoms with E-state index in [0.717, 1.165) is 65.9 Å². The summed E-state index contributed by atoms with van der Waals surface area (Å²) >= 11 is 0. The summed E-state index contributed by atoms with van der Waals surface area (Å²) in [6.45, 7) is 5.27. The van der Waals surface area contributed by atoms with Crippen LogP contribution in [0, 0.1) is 6.92 Å². The molecule has 0 saturated carbocycles. The van der Waals surface area contributed by atoms with Gasteiger partial charge in [0, 0.05) is 55.9 Å². The molecule has 8 nitrogen and oxygen atoms in total. The number of piperazine rings is 1. The first kappa shape index (κ1) is 20.0. The number of hydrogen-bond acceptors (Lipinski definition) is 8. The highest BCUT2D eigenvalue weighted by molar-refractivity contribution is 5.79. The lowest BCUT2D eigenvalue weighted by Crippen LogP contribution is -2.47. The number of rotatable bonds is 5. The summed E-state index contributed by atoms with van der Waals surface area (Å²) in [5, 5.41) is 0. The first-order valence-electron chi connectivity index (χ1n) is 10.6. The molecule has 1 fully saturated rings. The van der Waals surface area contributed by atoms with Crippen LogP contribution in [0.4, 0.5) is 11.6 Å².